The van der Waals surface area contributed by atoms with Crippen LogP contribution < -0.4 is 9.47 Å². The SMILES string of the molecule is COc1cc(CN2CCC[C@H]2c2ccc(F)cc2)cc(OC)c1. The van der Waals surface area contributed by atoms with Crippen LogP contribution in [0.3, 0.4) is 0 Å². The lowest BCUT2D eigenvalue weighted by atomic mass is 10.0. The lowest BCUT2D eigenvalue weighted by Crippen LogP contribution is -2.22. The van der Waals surface area contributed by atoms with Crippen LogP contribution in [0.25, 0.3) is 0 Å². The Morgan fingerprint density at radius 3 is 2.30 bits per heavy atom. The quantitative estimate of drug-likeness (QED) is 0.826. The van der Waals surface area contributed by atoms with E-state index >= 15 is 0 Å². The summed E-state index contributed by atoms with van der Waals surface area (Å²) in [5, 5.41) is 0. The topological polar surface area (TPSA) is 21.7 Å². The normalized spacial score (nSPS) is 18.1. The molecule has 1 aliphatic heterocycles. The first-order chi connectivity index (χ1) is 11.2. The maximum absolute atomic E-state index is 13.1. The van der Waals surface area contributed by atoms with E-state index in [2.05, 4.69) is 4.90 Å². The molecule has 0 saturated carbocycles. The second-order valence-corrected chi connectivity index (χ2v) is 5.90. The summed E-state index contributed by atoms with van der Waals surface area (Å²) in [4.78, 5) is 2.43. The average Bonchev–Trinajstić information content (AvgIpc) is 3.03. The van der Waals surface area contributed by atoms with Gasteiger partial charge in [-0.2, -0.15) is 0 Å². The summed E-state index contributed by atoms with van der Waals surface area (Å²) in [6.07, 6.45) is 2.26. The van der Waals surface area contributed by atoms with Gasteiger partial charge in [-0.15, -0.1) is 0 Å². The Bertz CT molecular complexity index is 635. The number of ether oxygens (including phenoxy) is 2. The number of nitrogens with zero attached hydrogens (tertiary/aromatic N) is 1. The summed E-state index contributed by atoms with van der Waals surface area (Å²) < 4.78 is 23.8. The van der Waals surface area contributed by atoms with Crippen LogP contribution in [0.5, 0.6) is 11.5 Å². The fourth-order valence-corrected chi connectivity index (χ4v) is 3.27. The summed E-state index contributed by atoms with van der Waals surface area (Å²) in [5.74, 6) is 1.42. The van der Waals surface area contributed by atoms with Crippen LogP contribution in [0.15, 0.2) is 42.5 Å². The van der Waals surface area contributed by atoms with Gasteiger partial charge in [0.25, 0.3) is 0 Å². The maximum Gasteiger partial charge on any atom is 0.123 e. The fraction of sp³-hybridized carbons (Fsp3) is 0.368. The molecule has 0 unspecified atom stereocenters. The van der Waals surface area contributed by atoms with Crippen molar-refractivity contribution in [3.8, 4) is 11.5 Å². The maximum atomic E-state index is 13.1. The van der Waals surface area contributed by atoms with Gasteiger partial charge in [0, 0.05) is 18.7 Å². The Labute approximate surface area is 136 Å². The molecule has 1 aliphatic rings. The molecular formula is C19H22FNO2. The third-order valence-electron chi connectivity index (χ3n) is 4.42. The van der Waals surface area contributed by atoms with E-state index in [4.69, 9.17) is 9.47 Å². The van der Waals surface area contributed by atoms with Gasteiger partial charge in [0.2, 0.25) is 0 Å². The number of likely N-dealkylation sites (tertiary alicyclic amines) is 1. The fourth-order valence-electron chi connectivity index (χ4n) is 3.27. The van der Waals surface area contributed by atoms with Crippen molar-refractivity contribution >= 4 is 0 Å². The molecule has 3 nitrogen and oxygen atoms in total. The van der Waals surface area contributed by atoms with Crippen LogP contribution in [0.4, 0.5) is 4.39 Å². The zero-order chi connectivity index (χ0) is 16.2. The molecule has 1 saturated heterocycles. The highest BCUT2D eigenvalue weighted by Crippen LogP contribution is 2.34. The van der Waals surface area contributed by atoms with Gasteiger partial charge in [-0.3, -0.25) is 4.90 Å². The number of hydrogen-bond donors (Lipinski definition) is 0. The molecule has 1 heterocycles. The molecule has 3 rings (SSSR count). The van der Waals surface area contributed by atoms with Crippen molar-refractivity contribution in [1.29, 1.82) is 0 Å². The second-order valence-electron chi connectivity index (χ2n) is 5.90. The molecule has 0 bridgehead atoms. The van der Waals surface area contributed by atoms with Crippen molar-refractivity contribution in [3.63, 3.8) is 0 Å². The second kappa shape index (κ2) is 7.01. The van der Waals surface area contributed by atoms with E-state index in [0.717, 1.165) is 43.0 Å². The molecule has 23 heavy (non-hydrogen) atoms. The van der Waals surface area contributed by atoms with Gasteiger partial charge in [-0.1, -0.05) is 12.1 Å². The largest absolute Gasteiger partial charge is 0.497 e. The summed E-state index contributed by atoms with van der Waals surface area (Å²) in [5.41, 5.74) is 2.34. The van der Waals surface area contributed by atoms with E-state index in [0.29, 0.717) is 6.04 Å². The standard InChI is InChI=1S/C19H22FNO2/c1-22-17-10-14(11-18(12-17)23-2)13-21-9-3-4-19(21)15-5-7-16(20)8-6-15/h5-8,10-12,19H,3-4,9,13H2,1-2H3/t19-/m0/s1. The predicted octanol–water partition coefficient (Wildman–Crippen LogP) is 4.18. The van der Waals surface area contributed by atoms with Crippen molar-refractivity contribution in [2.75, 3.05) is 20.8 Å². The molecule has 0 amide bonds. The minimum atomic E-state index is -0.184. The molecule has 2 aromatic rings. The van der Waals surface area contributed by atoms with E-state index in [1.807, 2.05) is 30.3 Å². The lowest BCUT2D eigenvalue weighted by Gasteiger charge is -2.25. The van der Waals surface area contributed by atoms with Gasteiger partial charge in [-0.05, 0) is 54.8 Å². The number of hydrogen-bond acceptors (Lipinski definition) is 3. The van der Waals surface area contributed by atoms with Crippen LogP contribution in [0, 0.1) is 5.82 Å². The molecule has 1 atom stereocenters. The lowest BCUT2D eigenvalue weighted by molar-refractivity contribution is 0.247. The summed E-state index contributed by atoms with van der Waals surface area (Å²) in [7, 11) is 3.32. The van der Waals surface area contributed by atoms with Gasteiger partial charge in [-0.25, -0.2) is 4.39 Å². The van der Waals surface area contributed by atoms with Gasteiger partial charge >= 0.3 is 0 Å². The highest BCUT2D eigenvalue weighted by atomic mass is 19.1. The molecule has 0 spiro atoms. The van der Waals surface area contributed by atoms with Crippen molar-refractivity contribution in [2.45, 2.75) is 25.4 Å². The first-order valence-electron chi connectivity index (χ1n) is 7.91. The van der Waals surface area contributed by atoms with Gasteiger partial charge in [0.05, 0.1) is 14.2 Å². The molecule has 0 N–H and O–H groups in total. The van der Waals surface area contributed by atoms with E-state index < -0.39 is 0 Å². The first kappa shape index (κ1) is 15.8. The molecule has 1 fully saturated rings. The Hall–Kier alpha value is -2.07. The Morgan fingerprint density at radius 1 is 1.04 bits per heavy atom. The molecular weight excluding hydrogens is 293 g/mol. The van der Waals surface area contributed by atoms with Crippen molar-refractivity contribution in [3.05, 3.63) is 59.4 Å². The van der Waals surface area contributed by atoms with E-state index in [1.165, 1.54) is 5.56 Å². The predicted molar refractivity (Wildman–Crippen MR) is 88.3 cm³/mol. The first-order valence-corrected chi connectivity index (χ1v) is 7.91. The number of rotatable bonds is 5. The van der Waals surface area contributed by atoms with E-state index in [1.54, 1.807) is 26.4 Å². The van der Waals surface area contributed by atoms with Gasteiger partial charge in [0.15, 0.2) is 0 Å². The van der Waals surface area contributed by atoms with Gasteiger partial charge < -0.3 is 9.47 Å². The third kappa shape index (κ3) is 3.64. The minimum absolute atomic E-state index is 0.184. The zero-order valence-electron chi connectivity index (χ0n) is 13.6. The average molecular weight is 315 g/mol. The van der Waals surface area contributed by atoms with Crippen molar-refractivity contribution in [2.24, 2.45) is 0 Å². The highest BCUT2D eigenvalue weighted by Gasteiger charge is 2.26. The van der Waals surface area contributed by atoms with E-state index in [9.17, 15) is 4.39 Å². The summed E-state index contributed by atoms with van der Waals surface area (Å²) >= 11 is 0. The Kier molecular flexibility index (Phi) is 4.82. The molecule has 4 heteroatoms. The number of halogens is 1. The third-order valence-corrected chi connectivity index (χ3v) is 4.42. The van der Waals surface area contributed by atoms with E-state index in [-0.39, 0.29) is 5.82 Å². The van der Waals surface area contributed by atoms with Crippen LogP contribution in [0.1, 0.15) is 30.0 Å². The highest BCUT2D eigenvalue weighted by molar-refractivity contribution is 5.38. The van der Waals surface area contributed by atoms with Gasteiger partial charge in [0.1, 0.15) is 17.3 Å². The number of benzene rings is 2. The monoisotopic (exact) mass is 315 g/mol. The van der Waals surface area contributed by atoms with Crippen LogP contribution in [-0.2, 0) is 6.54 Å². The molecule has 2 aromatic carbocycles. The molecule has 122 valence electrons. The number of methoxy groups -OCH3 is 2. The smallest absolute Gasteiger partial charge is 0.123 e. The summed E-state index contributed by atoms with van der Waals surface area (Å²) in [6.45, 7) is 1.87. The summed E-state index contributed by atoms with van der Waals surface area (Å²) in [6, 6.07) is 13.2. The zero-order valence-corrected chi connectivity index (χ0v) is 13.6. The molecule has 0 aliphatic carbocycles. The van der Waals surface area contributed by atoms with Crippen LogP contribution in [-0.4, -0.2) is 25.7 Å². The minimum Gasteiger partial charge on any atom is -0.497 e. The van der Waals surface area contributed by atoms with Crippen molar-refractivity contribution in [1.82, 2.24) is 4.90 Å². The van der Waals surface area contributed by atoms with Crippen LogP contribution >= 0.6 is 0 Å². The van der Waals surface area contributed by atoms with Crippen LogP contribution in [0.2, 0.25) is 0 Å². The van der Waals surface area contributed by atoms with Crippen molar-refractivity contribution < 1.29 is 13.9 Å². The molecule has 0 radical (unpaired) electrons. The Morgan fingerprint density at radius 2 is 1.70 bits per heavy atom. The molecule has 0 aromatic heterocycles. The Balaban J connectivity index is 1.80.